The number of nitrogens with two attached hydrogens (primary N) is 1. The summed E-state index contributed by atoms with van der Waals surface area (Å²) in [5.41, 5.74) is 10.9. The minimum atomic E-state index is -0.323. The standard InChI is InChI=1S/C24H30N4O2.C2H4O.C2H6/c1-17-8-10-19(11-9-17)26-24(30)27-20-12-13-22(25)21(16-20)18(2)6-5-7-23(29)28-14-3-4-15-28;1-2-3;1-2/h8-13,16H,2-7,14-15,25H2,1H3,(H2,26,27,30);2H,1H3;1-2H3. The second kappa shape index (κ2) is 16.1. The lowest BCUT2D eigenvalue weighted by Crippen LogP contribution is -2.27. The third-order valence-corrected chi connectivity index (χ3v) is 5.33. The molecule has 4 N–H and O–H groups in total. The molecule has 190 valence electrons. The summed E-state index contributed by atoms with van der Waals surface area (Å²) in [6, 6.07) is 12.6. The molecule has 0 bridgehead atoms. The number of carbonyl (C=O) groups is 3. The zero-order valence-corrected chi connectivity index (χ0v) is 21.5. The SMILES string of the molecule is C=C(CCCC(=O)N1CCCC1)c1cc(NC(=O)Nc2ccc(C)cc2)ccc1N.CC.CC=O. The number of nitrogens with one attached hydrogen (secondary N) is 2. The van der Waals surface area contributed by atoms with E-state index in [-0.39, 0.29) is 11.9 Å². The van der Waals surface area contributed by atoms with Crippen LogP contribution < -0.4 is 16.4 Å². The van der Waals surface area contributed by atoms with Gasteiger partial charge in [0.2, 0.25) is 5.91 Å². The summed E-state index contributed by atoms with van der Waals surface area (Å²) < 4.78 is 0. The van der Waals surface area contributed by atoms with Crippen molar-refractivity contribution in [1.82, 2.24) is 4.90 Å². The van der Waals surface area contributed by atoms with Gasteiger partial charge < -0.3 is 26.1 Å². The third kappa shape index (κ3) is 10.5. The minimum absolute atomic E-state index is 0.219. The van der Waals surface area contributed by atoms with Gasteiger partial charge in [-0.1, -0.05) is 38.1 Å². The summed E-state index contributed by atoms with van der Waals surface area (Å²) in [6.07, 6.45) is 4.90. The van der Waals surface area contributed by atoms with Crippen molar-refractivity contribution in [2.75, 3.05) is 29.5 Å². The highest BCUT2D eigenvalue weighted by molar-refractivity contribution is 6.00. The van der Waals surface area contributed by atoms with Crippen LogP contribution in [-0.4, -0.2) is 36.2 Å². The molecule has 2 aromatic rings. The van der Waals surface area contributed by atoms with Crippen molar-refractivity contribution in [2.45, 2.75) is 59.8 Å². The van der Waals surface area contributed by atoms with E-state index >= 15 is 0 Å². The average molecular weight is 481 g/mol. The van der Waals surface area contributed by atoms with Crippen molar-refractivity contribution < 1.29 is 14.4 Å². The monoisotopic (exact) mass is 480 g/mol. The fraction of sp³-hybridized carbons (Fsp3) is 0.393. The molecule has 0 spiro atoms. The lowest BCUT2D eigenvalue weighted by molar-refractivity contribution is -0.130. The Bertz CT molecular complexity index is 965. The smallest absolute Gasteiger partial charge is 0.323 e. The van der Waals surface area contributed by atoms with Gasteiger partial charge in [0.05, 0.1) is 0 Å². The quantitative estimate of drug-likeness (QED) is 0.321. The molecule has 0 aromatic heterocycles. The Balaban J connectivity index is 0.00000114. The van der Waals surface area contributed by atoms with E-state index in [1.807, 2.05) is 56.0 Å². The van der Waals surface area contributed by atoms with Crippen LogP contribution in [0.4, 0.5) is 21.9 Å². The number of anilines is 3. The molecule has 2 aromatic carbocycles. The molecule has 3 rings (SSSR count). The maximum atomic E-state index is 12.3. The number of urea groups is 1. The molecule has 1 aliphatic rings. The third-order valence-electron chi connectivity index (χ3n) is 5.33. The number of nitrogens with zero attached hydrogens (tertiary/aromatic N) is 1. The van der Waals surface area contributed by atoms with Gasteiger partial charge in [0.25, 0.3) is 0 Å². The molecule has 7 nitrogen and oxygen atoms in total. The Morgan fingerprint density at radius 1 is 1.00 bits per heavy atom. The number of benzene rings is 2. The van der Waals surface area contributed by atoms with Gasteiger partial charge in [0.1, 0.15) is 6.29 Å². The summed E-state index contributed by atoms with van der Waals surface area (Å²) >= 11 is 0. The molecule has 0 aliphatic carbocycles. The van der Waals surface area contributed by atoms with Gasteiger partial charge in [-0.15, -0.1) is 0 Å². The summed E-state index contributed by atoms with van der Waals surface area (Å²) in [6.45, 7) is 13.3. The van der Waals surface area contributed by atoms with Gasteiger partial charge in [0.15, 0.2) is 0 Å². The predicted octanol–water partition coefficient (Wildman–Crippen LogP) is 6.26. The predicted molar refractivity (Wildman–Crippen MR) is 146 cm³/mol. The van der Waals surface area contributed by atoms with Gasteiger partial charge in [0, 0.05) is 42.1 Å². The van der Waals surface area contributed by atoms with Crippen molar-refractivity contribution in [1.29, 1.82) is 0 Å². The number of amides is 3. The van der Waals surface area contributed by atoms with Crippen molar-refractivity contribution in [3.05, 3.63) is 60.2 Å². The van der Waals surface area contributed by atoms with Crippen LogP contribution in [0.25, 0.3) is 5.57 Å². The number of hydrogen-bond acceptors (Lipinski definition) is 4. The Morgan fingerprint density at radius 3 is 2.14 bits per heavy atom. The van der Waals surface area contributed by atoms with Gasteiger partial charge in [-0.2, -0.15) is 0 Å². The maximum absolute atomic E-state index is 12.3. The van der Waals surface area contributed by atoms with Crippen LogP contribution in [0.5, 0.6) is 0 Å². The average Bonchev–Trinajstić information content (AvgIpc) is 3.39. The van der Waals surface area contributed by atoms with Crippen LogP contribution >= 0.6 is 0 Å². The fourth-order valence-corrected chi connectivity index (χ4v) is 3.58. The van der Waals surface area contributed by atoms with Gasteiger partial charge in [-0.3, -0.25) is 4.79 Å². The molecule has 0 atom stereocenters. The van der Waals surface area contributed by atoms with Crippen molar-refractivity contribution in [2.24, 2.45) is 0 Å². The maximum Gasteiger partial charge on any atom is 0.323 e. The highest BCUT2D eigenvalue weighted by atomic mass is 16.2. The first kappa shape index (κ1) is 29.4. The molecule has 1 saturated heterocycles. The van der Waals surface area contributed by atoms with Crippen LogP contribution in [0, 0.1) is 6.92 Å². The molecular formula is C28H40N4O3. The molecule has 35 heavy (non-hydrogen) atoms. The van der Waals surface area contributed by atoms with E-state index in [0.29, 0.717) is 24.2 Å². The van der Waals surface area contributed by atoms with Crippen molar-refractivity contribution >= 4 is 40.9 Å². The lowest BCUT2D eigenvalue weighted by atomic mass is 9.99. The minimum Gasteiger partial charge on any atom is -0.398 e. The molecule has 0 radical (unpaired) electrons. The Hall–Kier alpha value is -3.61. The Kier molecular flexibility index (Phi) is 13.5. The molecule has 1 heterocycles. The Labute approximate surface area is 209 Å². The zero-order valence-electron chi connectivity index (χ0n) is 21.5. The van der Waals surface area contributed by atoms with Crippen molar-refractivity contribution in [3.63, 3.8) is 0 Å². The van der Waals surface area contributed by atoms with E-state index in [9.17, 15) is 9.59 Å². The Morgan fingerprint density at radius 2 is 1.54 bits per heavy atom. The normalized spacial score (nSPS) is 11.8. The highest BCUT2D eigenvalue weighted by Gasteiger charge is 2.17. The van der Waals surface area contributed by atoms with Crippen LogP contribution in [0.2, 0.25) is 0 Å². The highest BCUT2D eigenvalue weighted by Crippen LogP contribution is 2.28. The topological polar surface area (TPSA) is 105 Å². The van der Waals surface area contributed by atoms with Crippen LogP contribution in [0.3, 0.4) is 0 Å². The summed E-state index contributed by atoms with van der Waals surface area (Å²) in [4.78, 5) is 35.2. The van der Waals surface area contributed by atoms with Crippen LogP contribution in [0.15, 0.2) is 49.0 Å². The summed E-state index contributed by atoms with van der Waals surface area (Å²) in [7, 11) is 0. The molecule has 7 heteroatoms. The number of aldehydes is 1. The number of hydrogen-bond donors (Lipinski definition) is 3. The fourth-order valence-electron chi connectivity index (χ4n) is 3.58. The molecule has 0 saturated carbocycles. The number of likely N-dealkylation sites (tertiary alicyclic amines) is 1. The molecule has 1 fully saturated rings. The number of allylic oxidation sites excluding steroid dienone is 1. The van der Waals surface area contributed by atoms with Gasteiger partial charge in [-0.25, -0.2) is 4.79 Å². The van der Waals surface area contributed by atoms with E-state index in [1.165, 1.54) is 6.92 Å². The second-order valence-electron chi connectivity index (χ2n) is 8.03. The van der Waals surface area contributed by atoms with Crippen molar-refractivity contribution in [3.8, 4) is 0 Å². The summed E-state index contributed by atoms with van der Waals surface area (Å²) in [5, 5.41) is 5.64. The first-order chi connectivity index (χ1) is 16.8. The first-order valence-electron chi connectivity index (χ1n) is 12.2. The van der Waals surface area contributed by atoms with E-state index in [4.69, 9.17) is 10.5 Å². The number of aryl methyl sites for hydroxylation is 1. The van der Waals surface area contributed by atoms with E-state index in [0.717, 1.165) is 61.0 Å². The van der Waals surface area contributed by atoms with Crippen LogP contribution in [-0.2, 0) is 9.59 Å². The van der Waals surface area contributed by atoms with E-state index in [2.05, 4.69) is 17.2 Å². The number of carbonyl (C=O) groups excluding carboxylic acids is 3. The van der Waals surface area contributed by atoms with Gasteiger partial charge in [-0.05, 0) is 75.4 Å². The summed E-state index contributed by atoms with van der Waals surface area (Å²) in [5.74, 6) is 0.219. The second-order valence-corrected chi connectivity index (χ2v) is 8.03. The molecular weight excluding hydrogens is 440 g/mol. The zero-order chi connectivity index (χ0) is 26.2. The van der Waals surface area contributed by atoms with Gasteiger partial charge >= 0.3 is 6.03 Å². The number of nitrogen functional groups attached to an aromatic ring is 1. The van der Waals surface area contributed by atoms with E-state index < -0.39 is 0 Å². The molecule has 1 aliphatic heterocycles. The molecule has 0 unspecified atom stereocenters. The molecule has 3 amide bonds. The first-order valence-corrected chi connectivity index (χ1v) is 12.2. The number of rotatable bonds is 7. The largest absolute Gasteiger partial charge is 0.398 e. The van der Waals surface area contributed by atoms with E-state index in [1.54, 1.807) is 12.1 Å². The van der Waals surface area contributed by atoms with Crippen LogP contribution in [0.1, 0.15) is 64.0 Å². The lowest BCUT2D eigenvalue weighted by Gasteiger charge is -2.16.